The minimum absolute atomic E-state index is 0.343. The minimum atomic E-state index is 0.343. The van der Waals surface area contributed by atoms with E-state index in [1.54, 1.807) is 11.8 Å². The Balaban J connectivity index is 2.74. The van der Waals surface area contributed by atoms with E-state index in [0.29, 0.717) is 6.04 Å². The summed E-state index contributed by atoms with van der Waals surface area (Å²) >= 11 is 1.78. The van der Waals surface area contributed by atoms with Gasteiger partial charge in [0.05, 0.1) is 11.1 Å². The van der Waals surface area contributed by atoms with Gasteiger partial charge < -0.3 is 5.73 Å². The van der Waals surface area contributed by atoms with Crippen molar-refractivity contribution in [3.63, 3.8) is 0 Å². The molecule has 0 saturated heterocycles. The van der Waals surface area contributed by atoms with Crippen LogP contribution >= 0.6 is 11.8 Å². The molecule has 0 saturated carbocycles. The van der Waals surface area contributed by atoms with Crippen molar-refractivity contribution in [3.05, 3.63) is 6.20 Å². The van der Waals surface area contributed by atoms with Gasteiger partial charge in [0.2, 0.25) is 0 Å². The standard InChI is InChI=1S/C9H17N3S/c1-4-5-13-8-6-11-12(7(2)3)9(8)10/h6-7H,4-5,10H2,1-3H3. The Bertz CT molecular complexity index is 268. The molecule has 1 heterocycles. The maximum atomic E-state index is 5.92. The summed E-state index contributed by atoms with van der Waals surface area (Å²) in [5.74, 6) is 1.90. The topological polar surface area (TPSA) is 43.8 Å². The van der Waals surface area contributed by atoms with E-state index in [4.69, 9.17) is 5.73 Å². The molecule has 0 aliphatic heterocycles. The molecule has 74 valence electrons. The highest BCUT2D eigenvalue weighted by Crippen LogP contribution is 2.26. The summed E-state index contributed by atoms with van der Waals surface area (Å²) in [6.07, 6.45) is 3.02. The van der Waals surface area contributed by atoms with Crippen molar-refractivity contribution in [2.24, 2.45) is 0 Å². The lowest BCUT2D eigenvalue weighted by Crippen LogP contribution is -2.06. The molecule has 13 heavy (non-hydrogen) atoms. The van der Waals surface area contributed by atoms with Gasteiger partial charge in [0, 0.05) is 6.04 Å². The Morgan fingerprint density at radius 2 is 2.31 bits per heavy atom. The molecule has 3 nitrogen and oxygen atoms in total. The van der Waals surface area contributed by atoms with Crippen LogP contribution in [0, 0.1) is 0 Å². The predicted octanol–water partition coefficient (Wildman–Crippen LogP) is 2.55. The lowest BCUT2D eigenvalue weighted by molar-refractivity contribution is 0.540. The number of nitrogen functional groups attached to an aromatic ring is 1. The average molecular weight is 199 g/mol. The van der Waals surface area contributed by atoms with E-state index in [9.17, 15) is 0 Å². The second-order valence-electron chi connectivity index (χ2n) is 3.28. The number of anilines is 1. The quantitative estimate of drug-likeness (QED) is 0.758. The molecule has 0 aliphatic rings. The molecule has 4 heteroatoms. The normalized spacial score (nSPS) is 11.1. The third kappa shape index (κ3) is 2.40. The van der Waals surface area contributed by atoms with Crippen LogP contribution in [0.1, 0.15) is 33.2 Å². The van der Waals surface area contributed by atoms with Crippen molar-refractivity contribution >= 4 is 17.6 Å². The van der Waals surface area contributed by atoms with Crippen molar-refractivity contribution < 1.29 is 0 Å². The van der Waals surface area contributed by atoms with Crippen LogP contribution in [-0.4, -0.2) is 15.5 Å². The zero-order chi connectivity index (χ0) is 9.84. The largest absolute Gasteiger partial charge is 0.383 e. The highest BCUT2D eigenvalue weighted by atomic mass is 32.2. The van der Waals surface area contributed by atoms with Crippen molar-refractivity contribution in [2.45, 2.75) is 38.1 Å². The first-order valence-corrected chi connectivity index (χ1v) is 5.61. The molecule has 0 radical (unpaired) electrons. The second kappa shape index (κ2) is 4.56. The lowest BCUT2D eigenvalue weighted by Gasteiger charge is -2.07. The molecule has 1 rings (SSSR count). The molecule has 0 aromatic carbocycles. The molecule has 0 atom stereocenters. The summed E-state index contributed by atoms with van der Waals surface area (Å²) in [6.45, 7) is 6.32. The Kier molecular flexibility index (Phi) is 3.66. The van der Waals surface area contributed by atoms with Crippen molar-refractivity contribution in [3.8, 4) is 0 Å². The smallest absolute Gasteiger partial charge is 0.135 e. The molecule has 0 spiro atoms. The fourth-order valence-electron chi connectivity index (χ4n) is 1.09. The Hall–Kier alpha value is -0.640. The van der Waals surface area contributed by atoms with Gasteiger partial charge in [-0.15, -0.1) is 11.8 Å². The van der Waals surface area contributed by atoms with Gasteiger partial charge in [-0.1, -0.05) is 6.92 Å². The highest BCUT2D eigenvalue weighted by Gasteiger charge is 2.09. The van der Waals surface area contributed by atoms with E-state index < -0.39 is 0 Å². The molecular weight excluding hydrogens is 182 g/mol. The van der Waals surface area contributed by atoms with Gasteiger partial charge in [-0.3, -0.25) is 0 Å². The van der Waals surface area contributed by atoms with Crippen LogP contribution in [-0.2, 0) is 0 Å². The minimum Gasteiger partial charge on any atom is -0.383 e. The van der Waals surface area contributed by atoms with E-state index in [2.05, 4.69) is 25.9 Å². The maximum Gasteiger partial charge on any atom is 0.135 e. The van der Waals surface area contributed by atoms with Crippen LogP contribution in [0.4, 0.5) is 5.82 Å². The number of aromatic nitrogens is 2. The average Bonchev–Trinajstić information content (AvgIpc) is 2.43. The van der Waals surface area contributed by atoms with Crippen LogP contribution in [0.25, 0.3) is 0 Å². The van der Waals surface area contributed by atoms with Gasteiger partial charge in [0.1, 0.15) is 5.82 Å². The Morgan fingerprint density at radius 3 is 2.77 bits per heavy atom. The summed E-state index contributed by atoms with van der Waals surface area (Å²) < 4.78 is 1.86. The summed E-state index contributed by atoms with van der Waals surface area (Å²) in [5, 5.41) is 4.24. The number of hydrogen-bond acceptors (Lipinski definition) is 3. The van der Waals surface area contributed by atoms with Gasteiger partial charge in [0.15, 0.2) is 0 Å². The van der Waals surface area contributed by atoms with Gasteiger partial charge in [-0.05, 0) is 26.0 Å². The van der Waals surface area contributed by atoms with E-state index in [-0.39, 0.29) is 0 Å². The first kappa shape index (κ1) is 10.4. The fraction of sp³-hybridized carbons (Fsp3) is 0.667. The van der Waals surface area contributed by atoms with Crippen LogP contribution < -0.4 is 5.73 Å². The molecule has 0 fully saturated rings. The summed E-state index contributed by atoms with van der Waals surface area (Å²) in [4.78, 5) is 1.11. The van der Waals surface area contributed by atoms with E-state index in [1.807, 2.05) is 10.9 Å². The maximum absolute atomic E-state index is 5.92. The number of nitrogens with zero attached hydrogens (tertiary/aromatic N) is 2. The predicted molar refractivity (Wildman–Crippen MR) is 58.0 cm³/mol. The van der Waals surface area contributed by atoms with Crippen molar-refractivity contribution in [1.82, 2.24) is 9.78 Å². The number of nitrogens with two attached hydrogens (primary N) is 1. The summed E-state index contributed by atoms with van der Waals surface area (Å²) in [5.41, 5.74) is 5.92. The molecule has 1 aromatic rings. The molecule has 0 aliphatic carbocycles. The van der Waals surface area contributed by atoms with E-state index in [0.717, 1.165) is 22.9 Å². The SMILES string of the molecule is CCCSc1cnn(C(C)C)c1N. The van der Waals surface area contributed by atoms with Crippen molar-refractivity contribution in [1.29, 1.82) is 0 Å². The molecule has 0 bridgehead atoms. The molecule has 1 aromatic heterocycles. The van der Waals surface area contributed by atoms with Gasteiger partial charge in [0.25, 0.3) is 0 Å². The van der Waals surface area contributed by atoms with Gasteiger partial charge in [-0.25, -0.2) is 4.68 Å². The zero-order valence-electron chi connectivity index (χ0n) is 8.45. The third-order valence-corrected chi connectivity index (χ3v) is 2.99. The Labute approximate surface area is 83.7 Å². The second-order valence-corrected chi connectivity index (χ2v) is 4.42. The zero-order valence-corrected chi connectivity index (χ0v) is 9.27. The van der Waals surface area contributed by atoms with E-state index >= 15 is 0 Å². The molecule has 2 N–H and O–H groups in total. The van der Waals surface area contributed by atoms with E-state index in [1.165, 1.54) is 0 Å². The molecule has 0 amide bonds. The number of hydrogen-bond donors (Lipinski definition) is 1. The highest BCUT2D eigenvalue weighted by molar-refractivity contribution is 7.99. The summed E-state index contributed by atoms with van der Waals surface area (Å²) in [6, 6.07) is 0.343. The van der Waals surface area contributed by atoms with Crippen LogP contribution in [0.2, 0.25) is 0 Å². The van der Waals surface area contributed by atoms with Crippen molar-refractivity contribution in [2.75, 3.05) is 11.5 Å². The van der Waals surface area contributed by atoms with Crippen LogP contribution in [0.3, 0.4) is 0 Å². The van der Waals surface area contributed by atoms with Gasteiger partial charge in [-0.2, -0.15) is 5.10 Å². The molecular formula is C9H17N3S. The first-order valence-electron chi connectivity index (χ1n) is 4.62. The Morgan fingerprint density at radius 1 is 1.62 bits per heavy atom. The summed E-state index contributed by atoms with van der Waals surface area (Å²) in [7, 11) is 0. The van der Waals surface area contributed by atoms with Gasteiger partial charge >= 0.3 is 0 Å². The molecule has 0 unspecified atom stereocenters. The lowest BCUT2D eigenvalue weighted by atomic mass is 10.4. The van der Waals surface area contributed by atoms with Crippen LogP contribution in [0.15, 0.2) is 11.1 Å². The monoisotopic (exact) mass is 199 g/mol. The van der Waals surface area contributed by atoms with Crippen LogP contribution in [0.5, 0.6) is 0 Å². The number of thioether (sulfide) groups is 1. The third-order valence-electron chi connectivity index (χ3n) is 1.75. The fourth-order valence-corrected chi connectivity index (χ4v) is 1.88. The number of rotatable bonds is 4. The first-order chi connectivity index (χ1) is 6.16.